The van der Waals surface area contributed by atoms with Crippen molar-refractivity contribution >= 4 is 10.0 Å². The normalized spacial score (nSPS) is 23.4. The van der Waals surface area contributed by atoms with Crippen LogP contribution in [-0.4, -0.2) is 50.2 Å². The minimum atomic E-state index is -3.63. The number of nitrogens with zero attached hydrogens (tertiary/aromatic N) is 2. The van der Waals surface area contributed by atoms with Crippen LogP contribution in [0.5, 0.6) is 0 Å². The molecule has 1 N–H and O–H groups in total. The van der Waals surface area contributed by atoms with Gasteiger partial charge in [-0.3, -0.25) is 4.68 Å². The molecule has 0 bridgehead atoms. The highest BCUT2D eigenvalue weighted by Crippen LogP contribution is 2.20. The van der Waals surface area contributed by atoms with E-state index in [1.807, 2.05) is 6.92 Å². The zero-order valence-corrected chi connectivity index (χ0v) is 13.0. The van der Waals surface area contributed by atoms with E-state index < -0.39 is 10.0 Å². The van der Waals surface area contributed by atoms with Crippen LogP contribution >= 0.6 is 0 Å². The van der Waals surface area contributed by atoms with Crippen LogP contribution in [0.15, 0.2) is 4.90 Å². The minimum Gasteiger partial charge on any atom is -0.377 e. The number of rotatable bonds is 5. The standard InChI is InChI=1S/C12H21N3O4S/c1-5-19-11-7-18-6-10(11)14-20(16,17)12-8(2)13-15(4)9(12)3/h10-11,14H,5-7H2,1-4H3. The van der Waals surface area contributed by atoms with E-state index in [1.54, 1.807) is 25.6 Å². The molecule has 2 atom stereocenters. The van der Waals surface area contributed by atoms with Gasteiger partial charge in [0, 0.05) is 13.7 Å². The summed E-state index contributed by atoms with van der Waals surface area (Å²) in [5.41, 5.74) is 1.10. The van der Waals surface area contributed by atoms with Crippen molar-refractivity contribution < 1.29 is 17.9 Å². The van der Waals surface area contributed by atoms with Crippen LogP contribution in [-0.2, 0) is 26.5 Å². The lowest BCUT2D eigenvalue weighted by Gasteiger charge is -2.19. The maximum atomic E-state index is 12.5. The van der Waals surface area contributed by atoms with Gasteiger partial charge in [0.15, 0.2) is 0 Å². The topological polar surface area (TPSA) is 82.4 Å². The quantitative estimate of drug-likeness (QED) is 0.835. The number of sulfonamides is 1. The molecule has 7 nitrogen and oxygen atoms in total. The van der Waals surface area contributed by atoms with Gasteiger partial charge in [0.2, 0.25) is 10.0 Å². The van der Waals surface area contributed by atoms with E-state index in [-0.39, 0.29) is 17.0 Å². The monoisotopic (exact) mass is 303 g/mol. The van der Waals surface area contributed by atoms with Gasteiger partial charge in [-0.2, -0.15) is 5.10 Å². The lowest BCUT2D eigenvalue weighted by atomic mass is 10.2. The Bertz CT molecular complexity index is 582. The van der Waals surface area contributed by atoms with Crippen LogP contribution in [0.4, 0.5) is 0 Å². The van der Waals surface area contributed by atoms with E-state index >= 15 is 0 Å². The third kappa shape index (κ3) is 2.88. The summed E-state index contributed by atoms with van der Waals surface area (Å²) in [7, 11) is -1.90. The molecule has 2 heterocycles. The van der Waals surface area contributed by atoms with Crippen molar-refractivity contribution in [2.24, 2.45) is 7.05 Å². The van der Waals surface area contributed by atoms with E-state index in [0.717, 1.165) is 0 Å². The Hall–Kier alpha value is -0.960. The van der Waals surface area contributed by atoms with Gasteiger partial charge in [0.1, 0.15) is 4.90 Å². The number of aromatic nitrogens is 2. The lowest BCUT2D eigenvalue weighted by molar-refractivity contribution is 0.0440. The van der Waals surface area contributed by atoms with Crippen molar-refractivity contribution in [3.05, 3.63) is 11.4 Å². The highest BCUT2D eigenvalue weighted by molar-refractivity contribution is 7.89. The molecule has 1 aromatic rings. The zero-order chi connectivity index (χ0) is 14.9. The fourth-order valence-electron chi connectivity index (χ4n) is 2.42. The maximum Gasteiger partial charge on any atom is 0.244 e. The molecule has 2 rings (SSSR count). The summed E-state index contributed by atoms with van der Waals surface area (Å²) in [6.07, 6.45) is -0.243. The van der Waals surface area contributed by atoms with Gasteiger partial charge >= 0.3 is 0 Å². The smallest absolute Gasteiger partial charge is 0.244 e. The molecule has 2 unspecified atom stereocenters. The first kappa shape index (κ1) is 15.4. The highest BCUT2D eigenvalue weighted by Gasteiger charge is 2.34. The van der Waals surface area contributed by atoms with Gasteiger partial charge in [-0.1, -0.05) is 0 Å². The summed E-state index contributed by atoms with van der Waals surface area (Å²) in [5.74, 6) is 0. The Morgan fingerprint density at radius 2 is 2.15 bits per heavy atom. The second-order valence-corrected chi connectivity index (χ2v) is 6.53. The van der Waals surface area contributed by atoms with E-state index in [9.17, 15) is 8.42 Å². The second kappa shape index (κ2) is 5.80. The Balaban J connectivity index is 2.23. The summed E-state index contributed by atoms with van der Waals surface area (Å²) < 4.78 is 40.1. The average molecular weight is 303 g/mol. The summed E-state index contributed by atoms with van der Waals surface area (Å²) in [5, 5.41) is 4.14. The van der Waals surface area contributed by atoms with Crippen LogP contribution < -0.4 is 4.72 Å². The minimum absolute atomic E-state index is 0.238. The summed E-state index contributed by atoms with van der Waals surface area (Å²) >= 11 is 0. The number of nitrogens with one attached hydrogen (secondary N) is 1. The molecule has 1 saturated heterocycles. The molecular formula is C12H21N3O4S. The predicted molar refractivity (Wildman–Crippen MR) is 73.0 cm³/mol. The lowest BCUT2D eigenvalue weighted by Crippen LogP contribution is -2.43. The van der Waals surface area contributed by atoms with Crippen LogP contribution in [0.1, 0.15) is 18.3 Å². The van der Waals surface area contributed by atoms with Crippen molar-refractivity contribution in [2.45, 2.75) is 37.8 Å². The van der Waals surface area contributed by atoms with Gasteiger partial charge in [0.05, 0.1) is 36.7 Å². The van der Waals surface area contributed by atoms with Gasteiger partial charge in [-0.05, 0) is 20.8 Å². The Morgan fingerprint density at radius 1 is 1.45 bits per heavy atom. The molecular weight excluding hydrogens is 282 g/mol. The van der Waals surface area contributed by atoms with Crippen LogP contribution in [0.2, 0.25) is 0 Å². The van der Waals surface area contributed by atoms with Crippen molar-refractivity contribution in [1.29, 1.82) is 0 Å². The first-order valence-electron chi connectivity index (χ1n) is 6.58. The van der Waals surface area contributed by atoms with Crippen molar-refractivity contribution in [3.63, 3.8) is 0 Å². The third-order valence-corrected chi connectivity index (χ3v) is 5.17. The first-order valence-corrected chi connectivity index (χ1v) is 8.07. The summed E-state index contributed by atoms with van der Waals surface area (Å²) in [6, 6.07) is -0.362. The molecule has 0 aromatic carbocycles. The zero-order valence-electron chi connectivity index (χ0n) is 12.2. The van der Waals surface area contributed by atoms with Gasteiger partial charge in [-0.25, -0.2) is 13.1 Å². The predicted octanol–water partition coefficient (Wildman–Crippen LogP) is 0.119. The molecule has 1 aromatic heterocycles. The van der Waals surface area contributed by atoms with Gasteiger partial charge in [0.25, 0.3) is 0 Å². The fourth-order valence-corrected chi connectivity index (χ4v) is 4.11. The molecule has 1 aliphatic heterocycles. The third-order valence-electron chi connectivity index (χ3n) is 3.43. The van der Waals surface area contributed by atoms with E-state index in [4.69, 9.17) is 9.47 Å². The van der Waals surface area contributed by atoms with Crippen molar-refractivity contribution in [2.75, 3.05) is 19.8 Å². The number of aryl methyl sites for hydroxylation is 2. The molecule has 1 aliphatic rings. The summed E-state index contributed by atoms with van der Waals surface area (Å²) in [6.45, 7) is 6.55. The molecule has 0 amide bonds. The molecule has 114 valence electrons. The number of ether oxygens (including phenoxy) is 2. The Morgan fingerprint density at radius 3 is 2.70 bits per heavy atom. The Kier molecular flexibility index (Phi) is 4.48. The SMILES string of the molecule is CCOC1COCC1NS(=O)(=O)c1c(C)nn(C)c1C. The average Bonchev–Trinajstić information content (AvgIpc) is 2.85. The largest absolute Gasteiger partial charge is 0.377 e. The molecule has 0 radical (unpaired) electrons. The van der Waals surface area contributed by atoms with Crippen LogP contribution in [0.25, 0.3) is 0 Å². The van der Waals surface area contributed by atoms with Crippen molar-refractivity contribution in [1.82, 2.24) is 14.5 Å². The summed E-state index contributed by atoms with van der Waals surface area (Å²) in [4.78, 5) is 0.238. The second-order valence-electron chi connectivity index (χ2n) is 4.88. The number of hydrogen-bond acceptors (Lipinski definition) is 5. The van der Waals surface area contributed by atoms with E-state index in [2.05, 4.69) is 9.82 Å². The molecule has 0 aliphatic carbocycles. The fraction of sp³-hybridized carbons (Fsp3) is 0.750. The van der Waals surface area contributed by atoms with E-state index in [0.29, 0.717) is 31.2 Å². The van der Waals surface area contributed by atoms with Crippen LogP contribution in [0.3, 0.4) is 0 Å². The molecule has 0 spiro atoms. The van der Waals surface area contributed by atoms with Gasteiger partial charge < -0.3 is 9.47 Å². The van der Waals surface area contributed by atoms with E-state index in [1.165, 1.54) is 0 Å². The maximum absolute atomic E-state index is 12.5. The Labute approximate surface area is 119 Å². The molecule has 20 heavy (non-hydrogen) atoms. The molecule has 1 fully saturated rings. The highest BCUT2D eigenvalue weighted by atomic mass is 32.2. The van der Waals surface area contributed by atoms with Crippen molar-refractivity contribution in [3.8, 4) is 0 Å². The number of hydrogen-bond donors (Lipinski definition) is 1. The molecule has 0 saturated carbocycles. The first-order chi connectivity index (χ1) is 9.36. The molecule has 8 heteroatoms. The van der Waals surface area contributed by atoms with Gasteiger partial charge in [-0.15, -0.1) is 0 Å². The van der Waals surface area contributed by atoms with Crippen LogP contribution in [0, 0.1) is 13.8 Å².